The van der Waals surface area contributed by atoms with Gasteiger partial charge in [0.05, 0.1) is 6.54 Å². The number of carbonyl (C=O) groups excluding carboxylic acids is 1. The molecular weight excluding hydrogens is 234 g/mol. The highest BCUT2D eigenvalue weighted by Crippen LogP contribution is 2.08. The van der Waals surface area contributed by atoms with Gasteiger partial charge in [0.15, 0.2) is 5.76 Å². The molecule has 0 aliphatic rings. The summed E-state index contributed by atoms with van der Waals surface area (Å²) in [7, 11) is 0. The third-order valence-corrected chi connectivity index (χ3v) is 2.55. The molecule has 0 spiro atoms. The second kappa shape index (κ2) is 4.89. The Morgan fingerprint density at radius 2 is 2.22 bits per heavy atom. The number of furan rings is 1. The van der Waals surface area contributed by atoms with Crippen LogP contribution in [0.5, 0.6) is 0 Å². The Bertz CT molecular complexity index is 627. The van der Waals surface area contributed by atoms with Gasteiger partial charge in [-0.3, -0.25) is 15.0 Å². The summed E-state index contributed by atoms with van der Waals surface area (Å²) in [5, 5.41) is 0. The van der Waals surface area contributed by atoms with Crippen LogP contribution in [0.2, 0.25) is 0 Å². The van der Waals surface area contributed by atoms with E-state index in [9.17, 15) is 9.59 Å². The van der Waals surface area contributed by atoms with Crippen LogP contribution in [-0.2, 0) is 6.54 Å². The number of amides is 1. The van der Waals surface area contributed by atoms with E-state index in [2.05, 4.69) is 0 Å². The van der Waals surface area contributed by atoms with Gasteiger partial charge in [-0.2, -0.15) is 0 Å². The number of nitrogens with zero attached hydrogens (tertiary/aromatic N) is 1. The fraction of sp³-hybridized carbons (Fsp3) is 0.167. The minimum Gasteiger partial charge on any atom is -0.454 e. The van der Waals surface area contributed by atoms with Crippen molar-refractivity contribution in [1.82, 2.24) is 9.99 Å². The zero-order valence-corrected chi connectivity index (χ0v) is 9.84. The molecule has 3 N–H and O–H groups in total. The molecule has 0 bridgehead atoms. The first kappa shape index (κ1) is 12.1. The first-order valence-electron chi connectivity index (χ1n) is 5.37. The molecule has 6 heteroatoms. The molecule has 0 unspecified atom stereocenters. The normalized spacial score (nSPS) is 10.3. The van der Waals surface area contributed by atoms with Gasteiger partial charge in [-0.1, -0.05) is 6.07 Å². The summed E-state index contributed by atoms with van der Waals surface area (Å²) in [5.74, 6) is 5.13. The molecule has 2 aromatic rings. The monoisotopic (exact) mass is 247 g/mol. The molecule has 2 aromatic heterocycles. The molecule has 0 saturated carbocycles. The molecular formula is C12H13N3O3. The topological polar surface area (TPSA) is 90.3 Å². The van der Waals surface area contributed by atoms with Crippen LogP contribution in [-0.4, -0.2) is 10.5 Å². The molecule has 0 aromatic carbocycles. The maximum absolute atomic E-state index is 11.8. The van der Waals surface area contributed by atoms with E-state index < -0.39 is 5.91 Å². The second-order valence-corrected chi connectivity index (χ2v) is 3.86. The first-order chi connectivity index (χ1) is 8.61. The molecule has 0 radical (unpaired) electrons. The molecule has 2 heterocycles. The molecule has 0 aliphatic carbocycles. The summed E-state index contributed by atoms with van der Waals surface area (Å²) in [6, 6.07) is 6.68. The van der Waals surface area contributed by atoms with Crippen molar-refractivity contribution in [1.29, 1.82) is 0 Å². The first-order valence-corrected chi connectivity index (χ1v) is 5.37. The number of nitrogen functional groups attached to an aromatic ring is 1. The molecule has 1 amide bonds. The van der Waals surface area contributed by atoms with Gasteiger partial charge in [-0.25, -0.2) is 5.84 Å². The van der Waals surface area contributed by atoms with Crippen molar-refractivity contribution in [3.05, 3.63) is 57.9 Å². The number of carbonyl (C=O) groups is 1. The number of hydrazine groups is 1. The quantitative estimate of drug-likeness (QED) is 0.466. The average molecular weight is 247 g/mol. The van der Waals surface area contributed by atoms with Crippen LogP contribution < -0.4 is 16.8 Å². The van der Waals surface area contributed by atoms with Crippen LogP contribution >= 0.6 is 0 Å². The fourth-order valence-electron chi connectivity index (χ4n) is 1.61. The zero-order valence-electron chi connectivity index (χ0n) is 9.84. The molecule has 0 atom stereocenters. The summed E-state index contributed by atoms with van der Waals surface area (Å²) >= 11 is 0. The summed E-state index contributed by atoms with van der Waals surface area (Å²) in [6.07, 6.45) is 1.67. The Labute approximate surface area is 103 Å². The lowest BCUT2D eigenvalue weighted by molar-refractivity contribution is 0.0924. The highest BCUT2D eigenvalue weighted by atomic mass is 16.4. The Hall–Kier alpha value is -2.34. The maximum Gasteiger partial charge on any atom is 0.300 e. The number of hydrogen-bond donors (Lipinski definition) is 2. The van der Waals surface area contributed by atoms with E-state index in [1.807, 2.05) is 5.43 Å². The number of pyridine rings is 1. The molecule has 2 rings (SSSR count). The molecule has 18 heavy (non-hydrogen) atoms. The van der Waals surface area contributed by atoms with Crippen molar-refractivity contribution in [3.63, 3.8) is 0 Å². The van der Waals surface area contributed by atoms with Gasteiger partial charge >= 0.3 is 5.91 Å². The van der Waals surface area contributed by atoms with Gasteiger partial charge in [-0.05, 0) is 25.1 Å². The second-order valence-electron chi connectivity index (χ2n) is 3.86. The lowest BCUT2D eigenvalue weighted by atomic mass is 10.3. The smallest absolute Gasteiger partial charge is 0.300 e. The van der Waals surface area contributed by atoms with Gasteiger partial charge in [0.2, 0.25) is 0 Å². The summed E-state index contributed by atoms with van der Waals surface area (Å²) in [4.78, 5) is 23.0. The van der Waals surface area contributed by atoms with Gasteiger partial charge in [0.1, 0.15) is 5.76 Å². The number of rotatable bonds is 3. The van der Waals surface area contributed by atoms with Crippen LogP contribution in [0, 0.1) is 6.92 Å². The van der Waals surface area contributed by atoms with Crippen molar-refractivity contribution in [3.8, 4) is 0 Å². The number of aromatic nitrogens is 1. The fourth-order valence-corrected chi connectivity index (χ4v) is 1.61. The van der Waals surface area contributed by atoms with Crippen LogP contribution in [0.25, 0.3) is 0 Å². The van der Waals surface area contributed by atoms with E-state index in [0.29, 0.717) is 11.3 Å². The molecule has 0 fully saturated rings. The lowest BCUT2D eigenvalue weighted by Gasteiger charge is -2.03. The maximum atomic E-state index is 11.8. The third kappa shape index (κ3) is 2.33. The molecule has 6 nitrogen and oxygen atoms in total. The molecule has 94 valence electrons. The largest absolute Gasteiger partial charge is 0.454 e. The minimum atomic E-state index is -0.502. The molecule has 0 aliphatic heterocycles. The van der Waals surface area contributed by atoms with Crippen molar-refractivity contribution in [2.45, 2.75) is 13.5 Å². The Balaban J connectivity index is 2.24. The average Bonchev–Trinajstić information content (AvgIpc) is 2.82. The van der Waals surface area contributed by atoms with Crippen molar-refractivity contribution in [2.75, 3.05) is 0 Å². The van der Waals surface area contributed by atoms with E-state index in [-0.39, 0.29) is 17.9 Å². The molecule has 0 saturated heterocycles. The number of aryl methyl sites for hydroxylation is 1. The Morgan fingerprint density at radius 1 is 1.44 bits per heavy atom. The standard InChI is InChI=1S/C12H13N3O3/c1-8-3-2-6-15(12(8)17)7-9-4-5-10(18-9)11(16)14-13/h2-6H,7,13H2,1H3,(H,14,16). The number of hydrogen-bond acceptors (Lipinski definition) is 4. The SMILES string of the molecule is Cc1cccn(Cc2ccc(C(=O)NN)o2)c1=O. The Kier molecular flexibility index (Phi) is 3.29. The summed E-state index contributed by atoms with van der Waals surface area (Å²) < 4.78 is 6.80. The van der Waals surface area contributed by atoms with Gasteiger partial charge in [0, 0.05) is 11.8 Å². The summed E-state index contributed by atoms with van der Waals surface area (Å²) in [5.41, 5.74) is 2.55. The predicted molar refractivity (Wildman–Crippen MR) is 64.9 cm³/mol. The van der Waals surface area contributed by atoms with Crippen LogP contribution in [0.4, 0.5) is 0 Å². The van der Waals surface area contributed by atoms with E-state index in [1.165, 1.54) is 10.6 Å². The van der Waals surface area contributed by atoms with Gasteiger partial charge in [0.25, 0.3) is 5.56 Å². The van der Waals surface area contributed by atoms with Crippen molar-refractivity contribution >= 4 is 5.91 Å². The third-order valence-electron chi connectivity index (χ3n) is 2.55. The Morgan fingerprint density at radius 3 is 2.94 bits per heavy atom. The highest BCUT2D eigenvalue weighted by Gasteiger charge is 2.10. The van der Waals surface area contributed by atoms with Gasteiger partial charge in [-0.15, -0.1) is 0 Å². The lowest BCUT2D eigenvalue weighted by Crippen LogP contribution is -2.29. The van der Waals surface area contributed by atoms with Crippen LogP contribution in [0.15, 0.2) is 39.7 Å². The van der Waals surface area contributed by atoms with Gasteiger partial charge < -0.3 is 8.98 Å². The van der Waals surface area contributed by atoms with E-state index in [0.717, 1.165) is 0 Å². The predicted octanol–water partition coefficient (Wildman–Crippen LogP) is 0.402. The van der Waals surface area contributed by atoms with E-state index in [1.54, 1.807) is 31.3 Å². The minimum absolute atomic E-state index is 0.0845. The van der Waals surface area contributed by atoms with Crippen molar-refractivity contribution < 1.29 is 9.21 Å². The van der Waals surface area contributed by atoms with E-state index >= 15 is 0 Å². The highest BCUT2D eigenvalue weighted by molar-refractivity contribution is 5.90. The zero-order chi connectivity index (χ0) is 13.1. The number of nitrogens with one attached hydrogen (secondary N) is 1. The summed E-state index contributed by atoms with van der Waals surface area (Å²) in [6.45, 7) is 2.02. The van der Waals surface area contributed by atoms with Crippen molar-refractivity contribution in [2.24, 2.45) is 5.84 Å². The van der Waals surface area contributed by atoms with Crippen LogP contribution in [0.3, 0.4) is 0 Å². The number of nitrogens with two attached hydrogens (primary N) is 1. The van der Waals surface area contributed by atoms with Crippen LogP contribution in [0.1, 0.15) is 21.9 Å². The van der Waals surface area contributed by atoms with E-state index in [4.69, 9.17) is 10.3 Å².